The van der Waals surface area contributed by atoms with E-state index in [2.05, 4.69) is 17.2 Å². The molecule has 4 heteroatoms. The zero-order valence-electron chi connectivity index (χ0n) is 11.8. The van der Waals surface area contributed by atoms with Crippen LogP contribution in [0, 0.1) is 0 Å². The molecule has 0 bridgehead atoms. The predicted molar refractivity (Wildman–Crippen MR) is 72.9 cm³/mol. The van der Waals surface area contributed by atoms with E-state index >= 15 is 0 Å². The van der Waals surface area contributed by atoms with Crippen LogP contribution in [-0.2, 0) is 4.74 Å². The van der Waals surface area contributed by atoms with Crippen LogP contribution in [0.25, 0.3) is 0 Å². The van der Waals surface area contributed by atoms with Gasteiger partial charge in [-0.15, -0.1) is 0 Å². The van der Waals surface area contributed by atoms with E-state index in [0.29, 0.717) is 13.2 Å². The molecule has 4 nitrogen and oxygen atoms in total. The summed E-state index contributed by atoms with van der Waals surface area (Å²) in [5.41, 5.74) is 1.10. The summed E-state index contributed by atoms with van der Waals surface area (Å²) in [6.07, 6.45) is 3.83. The van der Waals surface area contributed by atoms with Gasteiger partial charge in [0.2, 0.25) is 0 Å². The van der Waals surface area contributed by atoms with Crippen LogP contribution >= 0.6 is 0 Å². The molecule has 0 aliphatic carbocycles. The Bertz CT molecular complexity index is 342. The maximum absolute atomic E-state index is 5.68. The second kappa shape index (κ2) is 8.06. The van der Waals surface area contributed by atoms with E-state index < -0.39 is 0 Å². The molecule has 1 heterocycles. The zero-order chi connectivity index (χ0) is 13.4. The van der Waals surface area contributed by atoms with E-state index in [1.54, 1.807) is 6.20 Å². The first-order valence-corrected chi connectivity index (χ1v) is 6.60. The summed E-state index contributed by atoms with van der Waals surface area (Å²) in [5.74, 6) is 0.808. The molecule has 1 aromatic heterocycles. The van der Waals surface area contributed by atoms with E-state index in [4.69, 9.17) is 9.47 Å². The van der Waals surface area contributed by atoms with Crippen molar-refractivity contribution in [3.63, 3.8) is 0 Å². The molecule has 0 saturated heterocycles. The maximum Gasteiger partial charge on any atom is 0.137 e. The van der Waals surface area contributed by atoms with E-state index in [0.717, 1.165) is 17.9 Å². The number of pyridine rings is 1. The van der Waals surface area contributed by atoms with Crippen LogP contribution in [-0.4, -0.2) is 30.8 Å². The molecular weight excluding hydrogens is 228 g/mol. The normalized spacial score (nSPS) is 12.7. The van der Waals surface area contributed by atoms with Crippen LogP contribution in [0.2, 0.25) is 0 Å². The number of nitrogens with zero attached hydrogens (tertiary/aromatic N) is 1. The lowest BCUT2D eigenvalue weighted by Crippen LogP contribution is -2.26. The number of hydrogen-bond donors (Lipinski definition) is 1. The van der Waals surface area contributed by atoms with Gasteiger partial charge in [-0.25, -0.2) is 0 Å². The Morgan fingerprint density at radius 2 is 2.06 bits per heavy atom. The topological polar surface area (TPSA) is 43.4 Å². The summed E-state index contributed by atoms with van der Waals surface area (Å²) in [6.45, 7) is 10.3. The molecule has 0 fully saturated rings. The fourth-order valence-corrected chi connectivity index (χ4v) is 1.68. The first-order valence-electron chi connectivity index (χ1n) is 6.60. The van der Waals surface area contributed by atoms with Crippen LogP contribution in [0.5, 0.6) is 5.75 Å². The van der Waals surface area contributed by atoms with Gasteiger partial charge in [-0.1, -0.05) is 6.92 Å². The summed E-state index contributed by atoms with van der Waals surface area (Å²) in [7, 11) is 0. The standard InChI is InChI=1S/C14H24N2O2/c1-5-16-14(10-18-11(3)4)12-7-13(17-6-2)9-15-8-12/h7-9,11,14,16H,5-6,10H2,1-4H3. The summed E-state index contributed by atoms with van der Waals surface area (Å²) >= 11 is 0. The lowest BCUT2D eigenvalue weighted by atomic mass is 10.1. The van der Waals surface area contributed by atoms with Gasteiger partial charge in [0.15, 0.2) is 0 Å². The third-order valence-corrected chi connectivity index (χ3v) is 2.49. The van der Waals surface area contributed by atoms with Crippen molar-refractivity contribution in [2.75, 3.05) is 19.8 Å². The van der Waals surface area contributed by atoms with E-state index in [9.17, 15) is 0 Å². The van der Waals surface area contributed by atoms with Crippen molar-refractivity contribution >= 4 is 0 Å². The Hall–Kier alpha value is -1.13. The van der Waals surface area contributed by atoms with Gasteiger partial charge in [0.1, 0.15) is 5.75 Å². The quantitative estimate of drug-likeness (QED) is 0.772. The Morgan fingerprint density at radius 1 is 1.28 bits per heavy atom. The smallest absolute Gasteiger partial charge is 0.137 e. The molecule has 0 spiro atoms. The summed E-state index contributed by atoms with van der Waals surface area (Å²) in [4.78, 5) is 4.21. The van der Waals surface area contributed by atoms with Crippen molar-refractivity contribution in [2.45, 2.75) is 39.8 Å². The molecule has 1 rings (SSSR count). The molecule has 0 amide bonds. The molecule has 0 aromatic carbocycles. The average Bonchev–Trinajstić information content (AvgIpc) is 2.35. The number of ether oxygens (including phenoxy) is 2. The first-order chi connectivity index (χ1) is 8.67. The van der Waals surface area contributed by atoms with Gasteiger partial charge in [-0.3, -0.25) is 4.98 Å². The summed E-state index contributed by atoms with van der Waals surface area (Å²) in [5, 5.41) is 3.40. The van der Waals surface area contributed by atoms with Crippen molar-refractivity contribution < 1.29 is 9.47 Å². The molecule has 0 aliphatic heterocycles. The highest BCUT2D eigenvalue weighted by molar-refractivity contribution is 5.26. The van der Waals surface area contributed by atoms with Gasteiger partial charge in [0, 0.05) is 6.20 Å². The lowest BCUT2D eigenvalue weighted by molar-refractivity contribution is 0.0613. The van der Waals surface area contributed by atoms with Crippen molar-refractivity contribution in [1.29, 1.82) is 0 Å². The minimum Gasteiger partial charge on any atom is -0.492 e. The maximum atomic E-state index is 5.68. The minimum atomic E-state index is 0.158. The number of hydrogen-bond acceptors (Lipinski definition) is 4. The molecule has 1 N–H and O–H groups in total. The molecule has 18 heavy (non-hydrogen) atoms. The number of rotatable bonds is 8. The highest BCUT2D eigenvalue weighted by Gasteiger charge is 2.12. The molecule has 0 aliphatic rings. The van der Waals surface area contributed by atoms with Crippen LogP contribution in [0.15, 0.2) is 18.5 Å². The fraction of sp³-hybridized carbons (Fsp3) is 0.643. The second-order valence-corrected chi connectivity index (χ2v) is 4.38. The molecule has 0 radical (unpaired) electrons. The third-order valence-electron chi connectivity index (χ3n) is 2.49. The monoisotopic (exact) mass is 252 g/mol. The molecular formula is C14H24N2O2. The Morgan fingerprint density at radius 3 is 2.67 bits per heavy atom. The Kier molecular flexibility index (Phi) is 6.68. The lowest BCUT2D eigenvalue weighted by Gasteiger charge is -2.20. The molecule has 1 aromatic rings. The van der Waals surface area contributed by atoms with E-state index in [-0.39, 0.29) is 12.1 Å². The van der Waals surface area contributed by atoms with Crippen molar-refractivity contribution in [2.24, 2.45) is 0 Å². The van der Waals surface area contributed by atoms with Crippen molar-refractivity contribution in [3.8, 4) is 5.75 Å². The molecule has 1 atom stereocenters. The highest BCUT2D eigenvalue weighted by atomic mass is 16.5. The van der Waals surface area contributed by atoms with Crippen LogP contribution in [0.1, 0.15) is 39.3 Å². The van der Waals surface area contributed by atoms with Gasteiger partial charge in [-0.2, -0.15) is 0 Å². The second-order valence-electron chi connectivity index (χ2n) is 4.38. The molecule has 0 saturated carbocycles. The SMILES string of the molecule is CCNC(COC(C)C)c1cncc(OCC)c1. The fourth-order valence-electron chi connectivity index (χ4n) is 1.68. The van der Waals surface area contributed by atoms with Crippen LogP contribution in [0.4, 0.5) is 0 Å². The van der Waals surface area contributed by atoms with Crippen molar-refractivity contribution in [1.82, 2.24) is 10.3 Å². The predicted octanol–water partition coefficient (Wildman–Crippen LogP) is 2.56. The molecule has 1 unspecified atom stereocenters. The average molecular weight is 252 g/mol. The Balaban J connectivity index is 2.73. The minimum absolute atomic E-state index is 0.158. The van der Waals surface area contributed by atoms with Gasteiger partial charge >= 0.3 is 0 Å². The van der Waals surface area contributed by atoms with Gasteiger partial charge in [0.05, 0.1) is 31.6 Å². The van der Waals surface area contributed by atoms with Gasteiger partial charge in [-0.05, 0) is 38.9 Å². The summed E-state index contributed by atoms with van der Waals surface area (Å²) < 4.78 is 11.1. The number of aromatic nitrogens is 1. The van der Waals surface area contributed by atoms with Crippen molar-refractivity contribution in [3.05, 3.63) is 24.0 Å². The summed E-state index contributed by atoms with van der Waals surface area (Å²) in [6, 6.07) is 2.18. The van der Waals surface area contributed by atoms with Gasteiger partial charge in [0.25, 0.3) is 0 Å². The van der Waals surface area contributed by atoms with E-state index in [1.165, 1.54) is 0 Å². The number of likely N-dealkylation sites (N-methyl/N-ethyl adjacent to an activating group) is 1. The number of nitrogens with one attached hydrogen (secondary N) is 1. The Labute approximate surface area is 110 Å². The van der Waals surface area contributed by atoms with Crippen LogP contribution < -0.4 is 10.1 Å². The zero-order valence-corrected chi connectivity index (χ0v) is 11.8. The van der Waals surface area contributed by atoms with Gasteiger partial charge < -0.3 is 14.8 Å². The third kappa shape index (κ3) is 5.02. The highest BCUT2D eigenvalue weighted by Crippen LogP contribution is 2.18. The van der Waals surface area contributed by atoms with Crippen LogP contribution in [0.3, 0.4) is 0 Å². The largest absolute Gasteiger partial charge is 0.492 e. The first kappa shape index (κ1) is 14.9. The molecule has 102 valence electrons. The van der Waals surface area contributed by atoms with E-state index in [1.807, 2.05) is 33.0 Å².